The molecular weight excluding hydrogens is 216 g/mol. The molecule has 0 aromatic rings. The highest BCUT2D eigenvalue weighted by atomic mass is 16.7. The van der Waals surface area contributed by atoms with Crippen LogP contribution < -0.4 is 0 Å². The number of ether oxygens (including phenoxy) is 2. The van der Waals surface area contributed by atoms with Crippen molar-refractivity contribution in [2.24, 2.45) is 0 Å². The lowest BCUT2D eigenvalue weighted by atomic mass is 9.99. The molecule has 1 heterocycles. The van der Waals surface area contributed by atoms with Crippen molar-refractivity contribution in [2.75, 3.05) is 6.61 Å². The quantitative estimate of drug-likeness (QED) is 0.495. The molecule has 5 atom stereocenters. The van der Waals surface area contributed by atoms with E-state index in [1.54, 1.807) is 13.8 Å². The van der Waals surface area contributed by atoms with Crippen LogP contribution in [0.25, 0.3) is 0 Å². The van der Waals surface area contributed by atoms with Crippen LogP contribution in [-0.4, -0.2) is 63.8 Å². The van der Waals surface area contributed by atoms with Crippen molar-refractivity contribution in [1.29, 1.82) is 0 Å². The minimum atomic E-state index is -1.38. The predicted molar refractivity (Wildman–Crippen MR) is 56.7 cm³/mol. The van der Waals surface area contributed by atoms with E-state index in [4.69, 9.17) is 14.6 Å². The number of hydrogen-bond donors (Lipinski definition) is 4. The summed E-state index contributed by atoms with van der Waals surface area (Å²) in [4.78, 5) is 0. The highest BCUT2D eigenvalue weighted by Gasteiger charge is 2.44. The standard InChI is InChI=1S/C9H18O6.CH4/c1-4(2)14-9-8(13)7(12)6(11)5(3-10)15-9;/h4-13H,3H2,1-2H3;1H4/t5?,6-,7-,8?,9-;/m0./s1. The Morgan fingerprint density at radius 2 is 1.69 bits per heavy atom. The van der Waals surface area contributed by atoms with Gasteiger partial charge in [0.15, 0.2) is 6.29 Å². The molecule has 1 aliphatic rings. The Bertz CT molecular complexity index is 196. The summed E-state index contributed by atoms with van der Waals surface area (Å²) < 4.78 is 10.3. The van der Waals surface area contributed by atoms with Gasteiger partial charge < -0.3 is 29.9 Å². The molecule has 6 nitrogen and oxygen atoms in total. The van der Waals surface area contributed by atoms with Crippen LogP contribution >= 0.6 is 0 Å². The second-order valence-electron chi connectivity index (χ2n) is 3.88. The van der Waals surface area contributed by atoms with Crippen LogP contribution in [0.4, 0.5) is 0 Å². The molecule has 0 radical (unpaired) electrons. The smallest absolute Gasteiger partial charge is 0.186 e. The lowest BCUT2D eigenvalue weighted by molar-refractivity contribution is -0.308. The molecule has 1 aliphatic heterocycles. The number of rotatable bonds is 3. The van der Waals surface area contributed by atoms with Gasteiger partial charge in [-0.2, -0.15) is 0 Å². The van der Waals surface area contributed by atoms with Gasteiger partial charge in [-0.15, -0.1) is 0 Å². The normalized spacial score (nSPS) is 39.6. The van der Waals surface area contributed by atoms with E-state index in [9.17, 15) is 15.3 Å². The van der Waals surface area contributed by atoms with Crippen molar-refractivity contribution in [2.45, 2.75) is 58.1 Å². The minimum absolute atomic E-state index is 0. The molecule has 0 bridgehead atoms. The van der Waals surface area contributed by atoms with Crippen molar-refractivity contribution in [1.82, 2.24) is 0 Å². The van der Waals surface area contributed by atoms with Crippen molar-refractivity contribution >= 4 is 0 Å². The molecule has 0 aromatic carbocycles. The fraction of sp³-hybridized carbons (Fsp3) is 1.00. The molecule has 1 fully saturated rings. The van der Waals surface area contributed by atoms with Crippen molar-refractivity contribution in [3.05, 3.63) is 0 Å². The van der Waals surface area contributed by atoms with Crippen LogP contribution in [0.5, 0.6) is 0 Å². The topological polar surface area (TPSA) is 99.4 Å². The summed E-state index contributed by atoms with van der Waals surface area (Å²) in [6, 6.07) is 0. The van der Waals surface area contributed by atoms with Crippen molar-refractivity contribution in [3.63, 3.8) is 0 Å². The molecule has 0 aliphatic carbocycles. The Morgan fingerprint density at radius 3 is 2.12 bits per heavy atom. The van der Waals surface area contributed by atoms with Gasteiger partial charge in [0, 0.05) is 0 Å². The Kier molecular flexibility index (Phi) is 6.39. The molecule has 0 aromatic heterocycles. The average molecular weight is 238 g/mol. The third-order valence-electron chi connectivity index (χ3n) is 2.25. The molecule has 1 saturated heterocycles. The molecule has 4 N–H and O–H groups in total. The van der Waals surface area contributed by atoms with Gasteiger partial charge in [-0.1, -0.05) is 7.43 Å². The summed E-state index contributed by atoms with van der Waals surface area (Å²) in [6.07, 6.45) is -6.15. The second-order valence-corrected chi connectivity index (χ2v) is 3.88. The van der Waals surface area contributed by atoms with E-state index in [1.807, 2.05) is 0 Å². The van der Waals surface area contributed by atoms with E-state index >= 15 is 0 Å². The maximum Gasteiger partial charge on any atom is 0.186 e. The van der Waals surface area contributed by atoms with Gasteiger partial charge in [0.25, 0.3) is 0 Å². The van der Waals surface area contributed by atoms with Gasteiger partial charge in [-0.05, 0) is 13.8 Å². The second kappa shape index (κ2) is 6.48. The first kappa shape index (κ1) is 15.8. The summed E-state index contributed by atoms with van der Waals surface area (Å²) in [5.74, 6) is 0. The van der Waals surface area contributed by atoms with Gasteiger partial charge in [0.2, 0.25) is 0 Å². The Hall–Kier alpha value is -0.240. The summed E-state index contributed by atoms with van der Waals surface area (Å²) in [7, 11) is 0. The first-order valence-electron chi connectivity index (χ1n) is 4.93. The van der Waals surface area contributed by atoms with Gasteiger partial charge in [0.1, 0.15) is 24.4 Å². The van der Waals surface area contributed by atoms with Crippen molar-refractivity contribution < 1.29 is 29.9 Å². The highest BCUT2D eigenvalue weighted by molar-refractivity contribution is 4.88. The molecule has 98 valence electrons. The van der Waals surface area contributed by atoms with Gasteiger partial charge in [-0.3, -0.25) is 0 Å². The fourth-order valence-corrected chi connectivity index (χ4v) is 1.45. The van der Waals surface area contributed by atoms with E-state index in [-0.39, 0.29) is 13.5 Å². The molecule has 6 heteroatoms. The molecule has 1 rings (SSSR count). The Balaban J connectivity index is 0.00000225. The van der Waals surface area contributed by atoms with Crippen LogP contribution in [0.1, 0.15) is 21.3 Å². The van der Waals surface area contributed by atoms with E-state index in [1.165, 1.54) is 0 Å². The van der Waals surface area contributed by atoms with E-state index < -0.39 is 37.3 Å². The molecular formula is C10H22O6. The average Bonchev–Trinajstić information content (AvgIpc) is 2.18. The van der Waals surface area contributed by atoms with Crippen LogP contribution in [0.15, 0.2) is 0 Å². The van der Waals surface area contributed by atoms with Crippen molar-refractivity contribution in [3.8, 4) is 0 Å². The summed E-state index contributed by atoms with van der Waals surface area (Å²) >= 11 is 0. The third kappa shape index (κ3) is 3.38. The maximum atomic E-state index is 9.53. The molecule has 0 spiro atoms. The Morgan fingerprint density at radius 1 is 1.12 bits per heavy atom. The lowest BCUT2D eigenvalue weighted by Crippen LogP contribution is -2.59. The zero-order chi connectivity index (χ0) is 11.6. The van der Waals surface area contributed by atoms with Gasteiger partial charge in [0.05, 0.1) is 12.7 Å². The summed E-state index contributed by atoms with van der Waals surface area (Å²) in [5.41, 5.74) is 0. The van der Waals surface area contributed by atoms with Crippen LogP contribution in [-0.2, 0) is 9.47 Å². The zero-order valence-electron chi connectivity index (χ0n) is 8.78. The van der Waals surface area contributed by atoms with E-state index in [0.717, 1.165) is 0 Å². The number of aliphatic hydroxyl groups is 4. The van der Waals surface area contributed by atoms with Crippen LogP contribution in [0.2, 0.25) is 0 Å². The van der Waals surface area contributed by atoms with Gasteiger partial charge in [-0.25, -0.2) is 0 Å². The monoisotopic (exact) mass is 238 g/mol. The SMILES string of the molecule is C.CC(C)O[C@H]1OC(CO)[C@H](O)[C@H](O)C1O. The van der Waals surface area contributed by atoms with Crippen LogP contribution in [0.3, 0.4) is 0 Å². The van der Waals surface area contributed by atoms with Gasteiger partial charge >= 0.3 is 0 Å². The van der Waals surface area contributed by atoms with E-state index in [2.05, 4.69) is 0 Å². The maximum absolute atomic E-state index is 9.53. The molecule has 16 heavy (non-hydrogen) atoms. The third-order valence-corrected chi connectivity index (χ3v) is 2.25. The first-order valence-corrected chi connectivity index (χ1v) is 4.93. The molecule has 2 unspecified atom stereocenters. The zero-order valence-corrected chi connectivity index (χ0v) is 8.78. The highest BCUT2D eigenvalue weighted by Crippen LogP contribution is 2.22. The minimum Gasteiger partial charge on any atom is -0.394 e. The summed E-state index contributed by atoms with van der Waals surface area (Å²) in [6.45, 7) is 3.06. The number of aliphatic hydroxyl groups excluding tert-OH is 4. The van der Waals surface area contributed by atoms with E-state index in [0.29, 0.717) is 0 Å². The molecule has 0 amide bonds. The summed E-state index contributed by atoms with van der Waals surface area (Å²) in [5, 5.41) is 37.3. The predicted octanol–water partition coefficient (Wildman–Crippen LogP) is -1.15. The lowest BCUT2D eigenvalue weighted by Gasteiger charge is -2.40. The first-order chi connectivity index (χ1) is 6.97. The largest absolute Gasteiger partial charge is 0.394 e. The Labute approximate surface area is 95.4 Å². The van der Waals surface area contributed by atoms with Crippen LogP contribution in [0, 0.1) is 0 Å². The number of hydrogen-bond acceptors (Lipinski definition) is 6. The fourth-order valence-electron chi connectivity index (χ4n) is 1.45. The molecule has 0 saturated carbocycles.